The minimum atomic E-state index is -0.384. The molecule has 172 valence electrons. The highest BCUT2D eigenvalue weighted by atomic mass is 16.5. The quantitative estimate of drug-likeness (QED) is 0.681. The van der Waals surface area contributed by atoms with Gasteiger partial charge in [-0.25, -0.2) is 0 Å². The third-order valence-corrected chi connectivity index (χ3v) is 5.79. The largest absolute Gasteiger partial charge is 0.497 e. The van der Waals surface area contributed by atoms with Crippen molar-refractivity contribution in [1.82, 2.24) is 10.2 Å². The number of nitrogens with one attached hydrogen (secondary N) is 1. The molecular weight excluding hydrogens is 408 g/mol. The Labute approximate surface area is 189 Å². The predicted molar refractivity (Wildman–Crippen MR) is 123 cm³/mol. The first-order valence-electron chi connectivity index (χ1n) is 10.8. The van der Waals surface area contributed by atoms with Gasteiger partial charge in [0.15, 0.2) is 0 Å². The van der Waals surface area contributed by atoms with Gasteiger partial charge >= 0.3 is 0 Å². The molecule has 0 bridgehead atoms. The number of carbonyl (C=O) groups excluding carboxylic acids is 2. The minimum absolute atomic E-state index is 0.0532. The van der Waals surface area contributed by atoms with E-state index in [4.69, 9.17) is 14.2 Å². The molecule has 1 N–H and O–H groups in total. The number of rotatable bonds is 8. The van der Waals surface area contributed by atoms with E-state index in [0.717, 1.165) is 5.56 Å². The second kappa shape index (κ2) is 10.4. The lowest BCUT2D eigenvalue weighted by molar-refractivity contribution is -0.125. The van der Waals surface area contributed by atoms with Gasteiger partial charge in [-0.15, -0.1) is 0 Å². The number of ether oxygens (including phenoxy) is 3. The van der Waals surface area contributed by atoms with Crippen molar-refractivity contribution in [2.45, 2.75) is 19.8 Å². The first-order valence-corrected chi connectivity index (χ1v) is 10.8. The van der Waals surface area contributed by atoms with Crippen molar-refractivity contribution in [2.75, 3.05) is 41.0 Å². The molecule has 0 aromatic heterocycles. The zero-order chi connectivity index (χ0) is 23.3. The van der Waals surface area contributed by atoms with Gasteiger partial charge in [0.05, 0.1) is 27.2 Å². The molecule has 1 saturated heterocycles. The Kier molecular flexibility index (Phi) is 7.62. The van der Waals surface area contributed by atoms with Crippen molar-refractivity contribution in [3.8, 4) is 17.2 Å². The van der Waals surface area contributed by atoms with Gasteiger partial charge < -0.3 is 24.4 Å². The maximum atomic E-state index is 13.3. The SMILES string of the molecule is COc1cccc(C(=O)N2C[C@H](C(=O)NCC(C)C)[C@@H](c3ccc(OC)cc3OC)C2)c1. The number of carbonyl (C=O) groups is 2. The van der Waals surface area contributed by atoms with Gasteiger partial charge in [0.25, 0.3) is 5.91 Å². The van der Waals surface area contributed by atoms with Crippen LogP contribution in [0, 0.1) is 11.8 Å². The number of methoxy groups -OCH3 is 3. The lowest BCUT2D eigenvalue weighted by atomic mass is 9.87. The van der Waals surface area contributed by atoms with E-state index < -0.39 is 0 Å². The molecule has 32 heavy (non-hydrogen) atoms. The van der Waals surface area contributed by atoms with Crippen LogP contribution in [-0.2, 0) is 4.79 Å². The van der Waals surface area contributed by atoms with E-state index in [2.05, 4.69) is 19.2 Å². The standard InChI is InChI=1S/C25H32N2O5/c1-16(2)13-26-24(28)22-15-27(25(29)17-7-6-8-18(11-17)30-3)14-21(22)20-10-9-19(31-4)12-23(20)32-5/h6-12,16,21-22H,13-15H2,1-5H3,(H,26,28)/t21-,22+/m1/s1. The normalized spacial score (nSPS) is 17.9. The first kappa shape index (κ1) is 23.4. The molecule has 1 fully saturated rings. The molecule has 1 aliphatic heterocycles. The van der Waals surface area contributed by atoms with Gasteiger partial charge in [0.2, 0.25) is 5.91 Å². The summed E-state index contributed by atoms with van der Waals surface area (Å²) >= 11 is 0. The Morgan fingerprint density at radius 2 is 1.72 bits per heavy atom. The van der Waals surface area contributed by atoms with Crippen LogP contribution in [0.5, 0.6) is 17.2 Å². The predicted octanol–water partition coefficient (Wildman–Crippen LogP) is 3.34. The summed E-state index contributed by atoms with van der Waals surface area (Å²) in [5.41, 5.74) is 1.42. The molecule has 1 aliphatic rings. The summed E-state index contributed by atoms with van der Waals surface area (Å²) < 4.78 is 16.2. The number of hydrogen-bond acceptors (Lipinski definition) is 5. The maximum Gasteiger partial charge on any atom is 0.254 e. The third kappa shape index (κ3) is 5.15. The zero-order valence-corrected chi connectivity index (χ0v) is 19.4. The monoisotopic (exact) mass is 440 g/mol. The van der Waals surface area contributed by atoms with E-state index in [0.29, 0.717) is 48.4 Å². The molecule has 0 aliphatic carbocycles. The summed E-state index contributed by atoms with van der Waals surface area (Å²) in [4.78, 5) is 28.1. The van der Waals surface area contributed by atoms with Crippen molar-refractivity contribution in [2.24, 2.45) is 11.8 Å². The molecule has 0 radical (unpaired) electrons. The van der Waals surface area contributed by atoms with Gasteiger partial charge in [-0.05, 0) is 30.2 Å². The van der Waals surface area contributed by atoms with Crippen LogP contribution in [0.15, 0.2) is 42.5 Å². The maximum absolute atomic E-state index is 13.3. The molecule has 2 aromatic rings. The van der Waals surface area contributed by atoms with Gasteiger partial charge in [-0.2, -0.15) is 0 Å². The van der Waals surface area contributed by atoms with Gasteiger partial charge in [-0.1, -0.05) is 26.0 Å². The van der Waals surface area contributed by atoms with E-state index in [9.17, 15) is 9.59 Å². The average Bonchev–Trinajstić information content (AvgIpc) is 3.26. The van der Waals surface area contributed by atoms with Crippen LogP contribution < -0.4 is 19.5 Å². The van der Waals surface area contributed by atoms with Gasteiger partial charge in [-0.3, -0.25) is 9.59 Å². The lowest BCUT2D eigenvalue weighted by Gasteiger charge is -2.21. The fraction of sp³-hybridized carbons (Fsp3) is 0.440. The van der Waals surface area contributed by atoms with Crippen LogP contribution in [-0.4, -0.2) is 57.7 Å². The van der Waals surface area contributed by atoms with Gasteiger partial charge in [0, 0.05) is 42.7 Å². The van der Waals surface area contributed by atoms with Crippen LogP contribution in [0.3, 0.4) is 0 Å². The average molecular weight is 441 g/mol. The lowest BCUT2D eigenvalue weighted by Crippen LogP contribution is -2.37. The number of benzene rings is 2. The summed E-state index contributed by atoms with van der Waals surface area (Å²) in [6.07, 6.45) is 0. The van der Waals surface area contributed by atoms with Crippen LogP contribution in [0.1, 0.15) is 35.7 Å². The molecule has 2 atom stereocenters. The number of hydrogen-bond donors (Lipinski definition) is 1. The van der Waals surface area contributed by atoms with E-state index in [-0.39, 0.29) is 23.7 Å². The minimum Gasteiger partial charge on any atom is -0.497 e. The summed E-state index contributed by atoms with van der Waals surface area (Å²) in [5, 5.41) is 3.04. The molecule has 2 aromatic carbocycles. The topological polar surface area (TPSA) is 77.1 Å². The summed E-state index contributed by atoms with van der Waals surface area (Å²) in [6, 6.07) is 12.7. The van der Waals surface area contributed by atoms with Crippen molar-refractivity contribution < 1.29 is 23.8 Å². The highest BCUT2D eigenvalue weighted by molar-refractivity contribution is 5.95. The number of amides is 2. The van der Waals surface area contributed by atoms with E-state index in [1.54, 1.807) is 50.5 Å². The fourth-order valence-electron chi connectivity index (χ4n) is 4.05. The molecule has 7 heteroatoms. The smallest absolute Gasteiger partial charge is 0.254 e. The Balaban J connectivity index is 1.92. The van der Waals surface area contributed by atoms with Crippen molar-refractivity contribution in [3.05, 3.63) is 53.6 Å². The van der Waals surface area contributed by atoms with Crippen LogP contribution in [0.25, 0.3) is 0 Å². The molecular formula is C25H32N2O5. The molecule has 0 saturated carbocycles. The van der Waals surface area contributed by atoms with Crippen molar-refractivity contribution >= 4 is 11.8 Å². The van der Waals surface area contributed by atoms with Crippen LogP contribution in [0.4, 0.5) is 0 Å². The molecule has 1 heterocycles. The zero-order valence-electron chi connectivity index (χ0n) is 19.4. The second-order valence-corrected chi connectivity index (χ2v) is 8.40. The molecule has 0 unspecified atom stereocenters. The fourth-order valence-corrected chi connectivity index (χ4v) is 4.05. The molecule has 0 spiro atoms. The highest BCUT2D eigenvalue weighted by Gasteiger charge is 2.41. The Morgan fingerprint density at radius 1 is 1.00 bits per heavy atom. The Morgan fingerprint density at radius 3 is 2.38 bits per heavy atom. The summed E-state index contributed by atoms with van der Waals surface area (Å²) in [5.74, 6) is 1.52. The van der Waals surface area contributed by atoms with Gasteiger partial charge in [0.1, 0.15) is 17.2 Å². The molecule has 3 rings (SSSR count). The number of likely N-dealkylation sites (tertiary alicyclic amines) is 1. The number of nitrogens with zero attached hydrogens (tertiary/aromatic N) is 1. The van der Waals surface area contributed by atoms with E-state index in [1.807, 2.05) is 18.2 Å². The molecule has 2 amide bonds. The van der Waals surface area contributed by atoms with E-state index >= 15 is 0 Å². The highest BCUT2D eigenvalue weighted by Crippen LogP contribution is 2.39. The molecule has 7 nitrogen and oxygen atoms in total. The van der Waals surface area contributed by atoms with Crippen molar-refractivity contribution in [3.63, 3.8) is 0 Å². The summed E-state index contributed by atoms with van der Waals surface area (Å²) in [6.45, 7) is 5.44. The van der Waals surface area contributed by atoms with Crippen LogP contribution in [0.2, 0.25) is 0 Å². The second-order valence-electron chi connectivity index (χ2n) is 8.40. The van der Waals surface area contributed by atoms with Crippen molar-refractivity contribution in [1.29, 1.82) is 0 Å². The van der Waals surface area contributed by atoms with E-state index in [1.165, 1.54) is 0 Å². The Hall–Kier alpha value is -3.22. The first-order chi connectivity index (χ1) is 15.4. The Bertz CT molecular complexity index is 959. The van der Waals surface area contributed by atoms with Crippen LogP contribution >= 0.6 is 0 Å². The summed E-state index contributed by atoms with van der Waals surface area (Å²) in [7, 11) is 4.77. The third-order valence-electron chi connectivity index (χ3n) is 5.79.